The van der Waals surface area contributed by atoms with Crippen molar-refractivity contribution in [2.24, 2.45) is 0 Å². The molecule has 1 amide bonds. The van der Waals surface area contributed by atoms with E-state index in [2.05, 4.69) is 25.3 Å². The minimum absolute atomic E-state index is 0.117. The van der Waals surface area contributed by atoms with Crippen molar-refractivity contribution in [3.63, 3.8) is 0 Å². The molecule has 0 spiro atoms. The zero-order valence-corrected chi connectivity index (χ0v) is 10.4. The number of aromatic nitrogens is 4. The minimum Gasteiger partial charge on any atom is -0.357 e. The quantitative estimate of drug-likeness (QED) is 0.665. The molecule has 0 aromatic carbocycles. The van der Waals surface area contributed by atoms with Crippen molar-refractivity contribution in [1.29, 1.82) is 0 Å². The number of rotatable bonds is 3. The summed E-state index contributed by atoms with van der Waals surface area (Å²) in [6.07, 6.45) is 5.10. The van der Waals surface area contributed by atoms with Gasteiger partial charge in [0.15, 0.2) is 0 Å². The third-order valence-corrected chi connectivity index (χ3v) is 2.89. The first-order valence-corrected chi connectivity index (χ1v) is 6.04. The first-order chi connectivity index (χ1) is 9.29. The summed E-state index contributed by atoms with van der Waals surface area (Å²) in [7, 11) is 0. The fraction of sp³-hybridized carbons (Fsp3) is 0.154. The Morgan fingerprint density at radius 3 is 3.11 bits per heavy atom. The second kappa shape index (κ2) is 4.56. The summed E-state index contributed by atoms with van der Waals surface area (Å²) in [4.78, 5) is 26.2. The summed E-state index contributed by atoms with van der Waals surface area (Å²) in [6.45, 7) is 2.48. The van der Waals surface area contributed by atoms with Crippen LogP contribution in [0.3, 0.4) is 0 Å². The van der Waals surface area contributed by atoms with Gasteiger partial charge in [-0.3, -0.25) is 4.79 Å². The lowest BCUT2D eigenvalue weighted by Gasteiger charge is -1.98. The van der Waals surface area contributed by atoms with Crippen molar-refractivity contribution >= 4 is 16.9 Å². The number of carbonyl (C=O) groups is 1. The monoisotopic (exact) mass is 255 g/mol. The summed E-state index contributed by atoms with van der Waals surface area (Å²) in [5.41, 5.74) is 2.98. The van der Waals surface area contributed by atoms with Gasteiger partial charge in [-0.05, 0) is 19.1 Å². The zero-order chi connectivity index (χ0) is 13.2. The van der Waals surface area contributed by atoms with E-state index in [1.54, 1.807) is 12.3 Å². The molecule has 0 aliphatic carbocycles. The summed E-state index contributed by atoms with van der Waals surface area (Å²) >= 11 is 0. The van der Waals surface area contributed by atoms with Crippen molar-refractivity contribution in [3.05, 3.63) is 36.5 Å². The van der Waals surface area contributed by atoms with Crippen LogP contribution in [0.2, 0.25) is 0 Å². The van der Waals surface area contributed by atoms with E-state index in [4.69, 9.17) is 0 Å². The lowest BCUT2D eigenvalue weighted by atomic mass is 10.1. The Labute approximate surface area is 109 Å². The molecule has 3 heterocycles. The van der Waals surface area contributed by atoms with Crippen molar-refractivity contribution in [2.75, 3.05) is 6.54 Å². The highest BCUT2D eigenvalue weighted by Gasteiger charge is 2.12. The van der Waals surface area contributed by atoms with Crippen molar-refractivity contribution < 1.29 is 4.79 Å². The van der Waals surface area contributed by atoms with Gasteiger partial charge in [-0.25, -0.2) is 9.97 Å². The molecule has 3 aromatic heterocycles. The molecule has 19 heavy (non-hydrogen) atoms. The number of hydrogen-bond donors (Lipinski definition) is 3. The van der Waals surface area contributed by atoms with E-state index in [0.717, 1.165) is 22.3 Å². The highest BCUT2D eigenvalue weighted by molar-refractivity contribution is 5.96. The van der Waals surface area contributed by atoms with E-state index < -0.39 is 0 Å². The number of nitrogens with one attached hydrogen (secondary N) is 3. The Bertz CT molecular complexity index is 727. The van der Waals surface area contributed by atoms with E-state index in [1.165, 1.54) is 6.33 Å². The van der Waals surface area contributed by atoms with Crippen molar-refractivity contribution in [2.45, 2.75) is 6.92 Å². The van der Waals surface area contributed by atoms with Gasteiger partial charge >= 0.3 is 0 Å². The maximum absolute atomic E-state index is 11.7. The van der Waals surface area contributed by atoms with Crippen LogP contribution in [0.5, 0.6) is 0 Å². The van der Waals surface area contributed by atoms with E-state index in [0.29, 0.717) is 12.2 Å². The minimum atomic E-state index is -0.117. The first kappa shape index (κ1) is 11.5. The van der Waals surface area contributed by atoms with E-state index in [9.17, 15) is 4.79 Å². The predicted molar refractivity (Wildman–Crippen MR) is 71.7 cm³/mol. The van der Waals surface area contributed by atoms with Crippen LogP contribution in [0.4, 0.5) is 0 Å². The molecule has 3 aromatic rings. The van der Waals surface area contributed by atoms with Crippen LogP contribution in [0.1, 0.15) is 17.4 Å². The van der Waals surface area contributed by atoms with Crippen LogP contribution in [-0.2, 0) is 0 Å². The summed E-state index contributed by atoms with van der Waals surface area (Å²) < 4.78 is 0. The fourth-order valence-corrected chi connectivity index (χ4v) is 2.02. The smallest absolute Gasteiger partial charge is 0.267 e. The standard InChI is InChI=1S/C13H13N5O/c1-2-14-13(19)10-5-8(6-16-10)11-9-3-4-15-12(9)18-7-17-11/h3-7,16H,2H2,1H3,(H,14,19)(H,15,17,18). The molecule has 0 radical (unpaired) electrons. The molecule has 0 bridgehead atoms. The van der Waals surface area contributed by atoms with E-state index in [1.807, 2.05) is 19.2 Å². The van der Waals surface area contributed by atoms with Gasteiger partial charge in [-0.15, -0.1) is 0 Å². The lowest BCUT2D eigenvalue weighted by molar-refractivity contribution is 0.0951. The maximum Gasteiger partial charge on any atom is 0.267 e. The molecule has 6 nitrogen and oxygen atoms in total. The highest BCUT2D eigenvalue weighted by atomic mass is 16.1. The van der Waals surface area contributed by atoms with Crippen LogP contribution in [0.25, 0.3) is 22.3 Å². The van der Waals surface area contributed by atoms with Gasteiger partial charge in [0, 0.05) is 29.9 Å². The van der Waals surface area contributed by atoms with Crippen LogP contribution in [0.15, 0.2) is 30.9 Å². The second-order valence-electron chi connectivity index (χ2n) is 4.12. The number of aromatic amines is 2. The number of fused-ring (bicyclic) bond motifs is 1. The van der Waals surface area contributed by atoms with E-state index >= 15 is 0 Å². The van der Waals surface area contributed by atoms with Crippen molar-refractivity contribution in [1.82, 2.24) is 25.3 Å². The van der Waals surface area contributed by atoms with Crippen molar-refractivity contribution in [3.8, 4) is 11.3 Å². The number of H-pyrrole nitrogens is 2. The Kier molecular flexibility index (Phi) is 2.75. The summed E-state index contributed by atoms with van der Waals surface area (Å²) in [6, 6.07) is 3.71. The number of nitrogens with zero attached hydrogens (tertiary/aromatic N) is 2. The largest absolute Gasteiger partial charge is 0.357 e. The average molecular weight is 255 g/mol. The van der Waals surface area contributed by atoms with Crippen LogP contribution >= 0.6 is 0 Å². The Morgan fingerprint density at radius 1 is 1.37 bits per heavy atom. The third-order valence-electron chi connectivity index (χ3n) is 2.89. The fourth-order valence-electron chi connectivity index (χ4n) is 2.02. The molecular weight excluding hydrogens is 242 g/mol. The number of amides is 1. The molecule has 96 valence electrons. The zero-order valence-electron chi connectivity index (χ0n) is 10.4. The maximum atomic E-state index is 11.7. The van der Waals surface area contributed by atoms with Gasteiger partial charge in [0.05, 0.1) is 5.69 Å². The summed E-state index contributed by atoms with van der Waals surface area (Å²) in [5.74, 6) is -0.117. The highest BCUT2D eigenvalue weighted by Crippen LogP contribution is 2.25. The molecule has 0 aliphatic rings. The third kappa shape index (κ3) is 1.97. The predicted octanol–water partition coefficient (Wildman–Crippen LogP) is 1.70. The Balaban J connectivity index is 2.03. The van der Waals surface area contributed by atoms with Crippen LogP contribution < -0.4 is 5.32 Å². The molecular formula is C13H13N5O. The molecule has 6 heteroatoms. The van der Waals surface area contributed by atoms with Gasteiger partial charge in [0.25, 0.3) is 5.91 Å². The summed E-state index contributed by atoms with van der Waals surface area (Å²) in [5, 5.41) is 3.68. The average Bonchev–Trinajstić information content (AvgIpc) is 3.07. The Hall–Kier alpha value is -2.63. The molecule has 0 saturated heterocycles. The lowest BCUT2D eigenvalue weighted by Crippen LogP contribution is -2.22. The topological polar surface area (TPSA) is 86.5 Å². The molecule has 3 rings (SSSR count). The second-order valence-corrected chi connectivity index (χ2v) is 4.12. The first-order valence-electron chi connectivity index (χ1n) is 6.04. The molecule has 3 N–H and O–H groups in total. The van der Waals surface area contributed by atoms with Crippen LogP contribution in [-0.4, -0.2) is 32.4 Å². The molecule has 0 aliphatic heterocycles. The van der Waals surface area contributed by atoms with Crippen LogP contribution in [0, 0.1) is 0 Å². The Morgan fingerprint density at radius 2 is 2.26 bits per heavy atom. The van der Waals surface area contributed by atoms with Gasteiger partial charge in [0.2, 0.25) is 0 Å². The molecule has 0 saturated carbocycles. The number of hydrogen-bond acceptors (Lipinski definition) is 3. The van der Waals surface area contributed by atoms with Gasteiger partial charge in [-0.2, -0.15) is 0 Å². The molecule has 0 atom stereocenters. The number of carbonyl (C=O) groups excluding carboxylic acids is 1. The van der Waals surface area contributed by atoms with Gasteiger partial charge < -0.3 is 15.3 Å². The van der Waals surface area contributed by atoms with Gasteiger partial charge in [-0.1, -0.05) is 0 Å². The molecule has 0 fully saturated rings. The van der Waals surface area contributed by atoms with E-state index in [-0.39, 0.29) is 5.91 Å². The SMILES string of the molecule is CCNC(=O)c1cc(-c2ncnc3[nH]ccc23)c[nH]1. The molecule has 0 unspecified atom stereocenters. The normalized spacial score (nSPS) is 10.8. The van der Waals surface area contributed by atoms with Gasteiger partial charge in [0.1, 0.15) is 17.7 Å².